The lowest BCUT2D eigenvalue weighted by Gasteiger charge is -2.38. The van der Waals surface area contributed by atoms with Crippen LogP contribution in [0.4, 0.5) is 0 Å². The summed E-state index contributed by atoms with van der Waals surface area (Å²) in [6, 6.07) is 0. The number of nitrogens with one attached hydrogen (secondary N) is 1. The van der Waals surface area contributed by atoms with Gasteiger partial charge in [0.15, 0.2) is 0 Å². The standard InChI is InChI=1S/C12H24BrNO3S/c1-11-4-6-12(10-13,7-5-11)14-18(15,16)9-3-8-17-2/h11,14H,3-10H2,1-2H3. The highest BCUT2D eigenvalue weighted by Crippen LogP contribution is 2.33. The lowest BCUT2D eigenvalue weighted by atomic mass is 9.79. The van der Waals surface area contributed by atoms with Gasteiger partial charge in [-0.2, -0.15) is 0 Å². The van der Waals surface area contributed by atoms with Crippen molar-refractivity contribution < 1.29 is 13.2 Å². The van der Waals surface area contributed by atoms with Gasteiger partial charge in [-0.3, -0.25) is 0 Å². The van der Waals surface area contributed by atoms with E-state index in [1.54, 1.807) is 7.11 Å². The van der Waals surface area contributed by atoms with Gasteiger partial charge >= 0.3 is 0 Å². The molecule has 4 nitrogen and oxygen atoms in total. The molecule has 0 amide bonds. The van der Waals surface area contributed by atoms with Crippen LogP contribution >= 0.6 is 15.9 Å². The van der Waals surface area contributed by atoms with Crippen molar-refractivity contribution in [3.05, 3.63) is 0 Å². The molecule has 1 aliphatic rings. The van der Waals surface area contributed by atoms with Crippen LogP contribution in [0.2, 0.25) is 0 Å². The largest absolute Gasteiger partial charge is 0.385 e. The third-order valence-electron chi connectivity index (χ3n) is 3.62. The van der Waals surface area contributed by atoms with Gasteiger partial charge < -0.3 is 4.74 Å². The minimum atomic E-state index is -3.20. The van der Waals surface area contributed by atoms with Crippen molar-refractivity contribution >= 4 is 26.0 Å². The van der Waals surface area contributed by atoms with Crippen LogP contribution in [0.1, 0.15) is 39.0 Å². The first-order chi connectivity index (χ1) is 8.43. The molecule has 108 valence electrons. The van der Waals surface area contributed by atoms with E-state index in [9.17, 15) is 8.42 Å². The zero-order valence-electron chi connectivity index (χ0n) is 11.2. The van der Waals surface area contributed by atoms with Gasteiger partial charge in [0.25, 0.3) is 0 Å². The molecular weight excluding hydrogens is 318 g/mol. The van der Waals surface area contributed by atoms with Crippen molar-refractivity contribution in [2.24, 2.45) is 5.92 Å². The van der Waals surface area contributed by atoms with Crippen LogP contribution in [0.15, 0.2) is 0 Å². The second-order valence-corrected chi connectivity index (χ2v) is 7.77. The quantitative estimate of drug-likeness (QED) is 0.570. The van der Waals surface area contributed by atoms with E-state index in [0.717, 1.165) is 25.7 Å². The number of ether oxygens (including phenoxy) is 1. The molecule has 0 aromatic rings. The summed E-state index contributed by atoms with van der Waals surface area (Å²) >= 11 is 3.47. The fraction of sp³-hybridized carbons (Fsp3) is 1.00. The third-order valence-corrected chi connectivity index (χ3v) is 6.26. The maximum atomic E-state index is 12.0. The first-order valence-electron chi connectivity index (χ1n) is 6.49. The van der Waals surface area contributed by atoms with E-state index in [1.165, 1.54) is 0 Å². The van der Waals surface area contributed by atoms with E-state index < -0.39 is 10.0 Å². The summed E-state index contributed by atoms with van der Waals surface area (Å²) in [7, 11) is -1.62. The number of halogens is 1. The van der Waals surface area contributed by atoms with Crippen LogP contribution < -0.4 is 4.72 Å². The van der Waals surface area contributed by atoms with Crippen molar-refractivity contribution in [1.29, 1.82) is 0 Å². The molecule has 1 N–H and O–H groups in total. The van der Waals surface area contributed by atoms with Gasteiger partial charge in [-0.05, 0) is 38.0 Å². The Morgan fingerprint density at radius 1 is 1.39 bits per heavy atom. The van der Waals surface area contributed by atoms with Crippen molar-refractivity contribution in [2.75, 3.05) is 24.8 Å². The third kappa shape index (κ3) is 5.15. The van der Waals surface area contributed by atoms with Crippen LogP contribution in [0, 0.1) is 5.92 Å². The minimum absolute atomic E-state index is 0.144. The average molecular weight is 342 g/mol. The molecule has 0 aromatic heterocycles. The van der Waals surface area contributed by atoms with Crippen LogP contribution in [0.5, 0.6) is 0 Å². The maximum absolute atomic E-state index is 12.0. The van der Waals surface area contributed by atoms with Crippen molar-refractivity contribution in [3.63, 3.8) is 0 Å². The van der Waals surface area contributed by atoms with Gasteiger partial charge in [0.2, 0.25) is 10.0 Å². The summed E-state index contributed by atoms with van der Waals surface area (Å²) < 4.78 is 31.9. The highest BCUT2D eigenvalue weighted by Gasteiger charge is 2.36. The van der Waals surface area contributed by atoms with Gasteiger partial charge in [0.1, 0.15) is 0 Å². The Bertz CT molecular complexity index is 337. The molecule has 1 aliphatic carbocycles. The molecule has 1 saturated carbocycles. The van der Waals surface area contributed by atoms with Gasteiger partial charge in [0, 0.05) is 24.6 Å². The summed E-state index contributed by atoms with van der Waals surface area (Å²) in [5, 5.41) is 0.691. The molecule has 0 bridgehead atoms. The van der Waals surface area contributed by atoms with Gasteiger partial charge in [-0.15, -0.1) is 0 Å². The molecule has 0 saturated heterocycles. The summed E-state index contributed by atoms with van der Waals surface area (Å²) in [5.74, 6) is 0.848. The van der Waals surface area contributed by atoms with Crippen molar-refractivity contribution in [1.82, 2.24) is 4.72 Å². The van der Waals surface area contributed by atoms with Gasteiger partial charge in [0.05, 0.1) is 5.75 Å². The molecule has 0 atom stereocenters. The molecule has 0 unspecified atom stereocenters. The number of rotatable bonds is 7. The lowest BCUT2D eigenvalue weighted by molar-refractivity contribution is 0.199. The zero-order valence-corrected chi connectivity index (χ0v) is 13.6. The molecule has 0 aliphatic heterocycles. The van der Waals surface area contributed by atoms with E-state index in [4.69, 9.17) is 4.74 Å². The van der Waals surface area contributed by atoms with Crippen molar-refractivity contribution in [3.8, 4) is 0 Å². The Labute approximate surface area is 119 Å². The van der Waals surface area contributed by atoms with E-state index in [0.29, 0.717) is 24.3 Å². The second kappa shape index (κ2) is 7.22. The summed E-state index contributed by atoms with van der Waals surface area (Å²) in [6.45, 7) is 2.71. The number of methoxy groups -OCH3 is 1. The van der Waals surface area contributed by atoms with Crippen molar-refractivity contribution in [2.45, 2.75) is 44.6 Å². The van der Waals surface area contributed by atoms with E-state index in [1.807, 2.05) is 0 Å². The SMILES string of the molecule is COCCCS(=O)(=O)NC1(CBr)CCC(C)CC1. The molecule has 1 fully saturated rings. The summed E-state index contributed by atoms with van der Waals surface area (Å²) in [4.78, 5) is 0. The second-order valence-electron chi connectivity index (χ2n) is 5.36. The number of hydrogen-bond acceptors (Lipinski definition) is 3. The van der Waals surface area contributed by atoms with Crippen LogP contribution in [0.3, 0.4) is 0 Å². The van der Waals surface area contributed by atoms with Crippen LogP contribution in [-0.4, -0.2) is 38.8 Å². The van der Waals surface area contributed by atoms with E-state index in [-0.39, 0.29) is 11.3 Å². The Morgan fingerprint density at radius 3 is 2.50 bits per heavy atom. The first-order valence-corrected chi connectivity index (χ1v) is 9.27. The zero-order chi connectivity index (χ0) is 13.6. The fourth-order valence-corrected chi connectivity index (χ4v) is 4.77. The maximum Gasteiger partial charge on any atom is 0.212 e. The Hall–Kier alpha value is 0.350. The Kier molecular flexibility index (Phi) is 6.58. The van der Waals surface area contributed by atoms with Crippen LogP contribution in [-0.2, 0) is 14.8 Å². The molecule has 6 heteroatoms. The predicted molar refractivity (Wildman–Crippen MR) is 77.6 cm³/mol. The summed E-state index contributed by atoms with van der Waals surface area (Å²) in [6.07, 6.45) is 4.56. The lowest BCUT2D eigenvalue weighted by Crippen LogP contribution is -2.52. The number of sulfonamides is 1. The van der Waals surface area contributed by atoms with Gasteiger partial charge in [-0.1, -0.05) is 22.9 Å². The monoisotopic (exact) mass is 341 g/mol. The first kappa shape index (κ1) is 16.4. The molecule has 0 aromatic carbocycles. The smallest absolute Gasteiger partial charge is 0.212 e. The normalized spacial score (nSPS) is 29.4. The van der Waals surface area contributed by atoms with E-state index in [2.05, 4.69) is 27.6 Å². The van der Waals surface area contributed by atoms with Crippen LogP contribution in [0.25, 0.3) is 0 Å². The predicted octanol–water partition coefficient (Wildman–Crippen LogP) is 2.29. The number of alkyl halides is 1. The molecular formula is C12H24BrNO3S. The molecule has 1 rings (SSSR count). The van der Waals surface area contributed by atoms with Gasteiger partial charge in [-0.25, -0.2) is 13.1 Å². The summed E-state index contributed by atoms with van der Waals surface area (Å²) in [5.41, 5.74) is -0.279. The highest BCUT2D eigenvalue weighted by molar-refractivity contribution is 9.09. The molecule has 0 heterocycles. The fourth-order valence-electron chi connectivity index (χ4n) is 2.35. The molecule has 0 radical (unpaired) electrons. The highest BCUT2D eigenvalue weighted by atomic mass is 79.9. The average Bonchev–Trinajstić information content (AvgIpc) is 2.32. The number of hydrogen-bond donors (Lipinski definition) is 1. The minimum Gasteiger partial charge on any atom is -0.385 e. The topological polar surface area (TPSA) is 55.4 Å². The van der Waals surface area contributed by atoms with E-state index >= 15 is 0 Å². The Balaban J connectivity index is 2.56. The molecule has 18 heavy (non-hydrogen) atoms. The molecule has 0 spiro atoms. The Morgan fingerprint density at radius 2 is 2.00 bits per heavy atom.